The second kappa shape index (κ2) is 8.88. The number of nitrogens with one attached hydrogen (secondary N) is 1. The van der Waals surface area contributed by atoms with Crippen molar-refractivity contribution >= 4 is 27.0 Å². The number of nitrogens with zero attached hydrogens (tertiary/aromatic N) is 4. The number of nitrogen functional groups attached to an aromatic ring is 1. The Morgan fingerprint density at radius 2 is 1.74 bits per heavy atom. The van der Waals surface area contributed by atoms with Gasteiger partial charge in [0.05, 0.1) is 34.2 Å². The number of likely N-dealkylation sites (tertiary alicyclic amines) is 1. The number of piperidine rings is 1. The van der Waals surface area contributed by atoms with Crippen LogP contribution in [0.2, 0.25) is 0 Å². The van der Waals surface area contributed by atoms with Gasteiger partial charge in [0, 0.05) is 11.1 Å². The van der Waals surface area contributed by atoms with Gasteiger partial charge in [-0.3, -0.25) is 4.90 Å². The van der Waals surface area contributed by atoms with Crippen molar-refractivity contribution in [2.75, 3.05) is 18.8 Å². The number of H-pyrrole nitrogens is 1. The number of aromatic amines is 1. The highest BCUT2D eigenvalue weighted by Gasteiger charge is 2.25. The summed E-state index contributed by atoms with van der Waals surface area (Å²) in [5.74, 6) is 0.871. The summed E-state index contributed by atoms with van der Waals surface area (Å²) in [5.41, 5.74) is 10.6. The number of hydrogen-bond acceptors (Lipinski definition) is 6. The second-order valence-corrected chi connectivity index (χ2v) is 11.5. The Morgan fingerprint density at radius 1 is 1.00 bits per heavy atom. The zero-order valence-corrected chi connectivity index (χ0v) is 20.3. The summed E-state index contributed by atoms with van der Waals surface area (Å²) in [6, 6.07) is 15.6. The summed E-state index contributed by atoms with van der Waals surface area (Å²) in [7, 11) is -3.67. The van der Waals surface area contributed by atoms with E-state index in [0.717, 1.165) is 51.9 Å². The van der Waals surface area contributed by atoms with Gasteiger partial charge in [-0.2, -0.15) is 0 Å². The largest absolute Gasteiger partial charge is 0.368 e. The van der Waals surface area contributed by atoms with Crippen molar-refractivity contribution in [2.24, 2.45) is 0 Å². The van der Waals surface area contributed by atoms with Crippen LogP contribution in [0.1, 0.15) is 38.9 Å². The Labute approximate surface area is 199 Å². The molecule has 5 rings (SSSR count). The maximum atomic E-state index is 13.0. The molecule has 0 amide bonds. The average molecular weight is 479 g/mol. The lowest BCUT2D eigenvalue weighted by Gasteiger charge is -2.25. The molecule has 0 spiro atoms. The van der Waals surface area contributed by atoms with E-state index in [4.69, 9.17) is 10.7 Å². The number of fused-ring (bicyclic) bond motifs is 1. The van der Waals surface area contributed by atoms with Gasteiger partial charge in [0.1, 0.15) is 5.82 Å². The van der Waals surface area contributed by atoms with E-state index in [0.29, 0.717) is 11.0 Å². The first kappa shape index (κ1) is 22.6. The van der Waals surface area contributed by atoms with Crippen molar-refractivity contribution in [1.82, 2.24) is 23.8 Å². The summed E-state index contributed by atoms with van der Waals surface area (Å²) < 4.78 is 27.2. The van der Waals surface area contributed by atoms with Crippen LogP contribution in [0.5, 0.6) is 0 Å². The maximum absolute atomic E-state index is 13.0. The van der Waals surface area contributed by atoms with Crippen LogP contribution in [0.25, 0.3) is 33.5 Å². The van der Waals surface area contributed by atoms with E-state index in [9.17, 15) is 8.42 Å². The minimum Gasteiger partial charge on any atom is -0.368 e. The van der Waals surface area contributed by atoms with Crippen molar-refractivity contribution < 1.29 is 8.42 Å². The highest BCUT2D eigenvalue weighted by atomic mass is 32.2. The van der Waals surface area contributed by atoms with Gasteiger partial charge in [-0.1, -0.05) is 42.8 Å². The number of hydrogen-bond donors (Lipinski definition) is 2. The molecule has 0 bridgehead atoms. The molecule has 0 saturated carbocycles. The number of imidazole rings is 2. The molecule has 2 aromatic carbocycles. The molecule has 0 radical (unpaired) electrons. The van der Waals surface area contributed by atoms with Crippen LogP contribution in [0.15, 0.2) is 48.5 Å². The van der Waals surface area contributed by atoms with Crippen molar-refractivity contribution in [3.63, 3.8) is 0 Å². The molecule has 1 saturated heterocycles. The van der Waals surface area contributed by atoms with Gasteiger partial charge in [0.25, 0.3) is 0 Å². The normalized spacial score (nSPS) is 15.4. The third-order valence-electron chi connectivity index (χ3n) is 6.40. The highest BCUT2D eigenvalue weighted by molar-refractivity contribution is 7.90. The molecule has 4 aromatic rings. The zero-order valence-electron chi connectivity index (χ0n) is 19.5. The van der Waals surface area contributed by atoms with Crippen molar-refractivity contribution in [1.29, 1.82) is 0 Å². The van der Waals surface area contributed by atoms with Gasteiger partial charge >= 0.3 is 0 Å². The van der Waals surface area contributed by atoms with E-state index in [-0.39, 0.29) is 5.95 Å². The fourth-order valence-electron chi connectivity index (χ4n) is 4.55. The van der Waals surface area contributed by atoms with Gasteiger partial charge in [-0.05, 0) is 51.9 Å². The quantitative estimate of drug-likeness (QED) is 0.429. The lowest BCUT2D eigenvalue weighted by molar-refractivity contribution is 0.216. The minimum absolute atomic E-state index is 0.0306. The van der Waals surface area contributed by atoms with E-state index in [1.807, 2.05) is 42.5 Å². The number of benzene rings is 2. The lowest BCUT2D eigenvalue weighted by atomic mass is 10.0. The first-order chi connectivity index (χ1) is 16.3. The number of nitrogens with two attached hydrogens (primary N) is 1. The molecule has 3 N–H and O–H groups in total. The van der Waals surface area contributed by atoms with Crippen LogP contribution >= 0.6 is 0 Å². The molecule has 1 aliphatic rings. The zero-order chi connectivity index (χ0) is 23.9. The Kier molecular flexibility index (Phi) is 5.91. The van der Waals surface area contributed by atoms with Gasteiger partial charge in [-0.15, -0.1) is 0 Å². The molecular formula is C25H30N6O2S. The Bertz CT molecular complexity index is 1420. The molecule has 1 fully saturated rings. The topological polar surface area (TPSA) is 110 Å². The van der Waals surface area contributed by atoms with Crippen LogP contribution in [-0.4, -0.2) is 50.6 Å². The number of anilines is 1. The molecule has 1 aliphatic heterocycles. The highest BCUT2D eigenvalue weighted by Crippen LogP contribution is 2.33. The number of rotatable bonds is 6. The van der Waals surface area contributed by atoms with E-state index in [2.05, 4.69) is 14.9 Å². The summed E-state index contributed by atoms with van der Waals surface area (Å²) in [4.78, 5) is 15.2. The SMILES string of the molecule is CC(C)S(=O)(=O)n1c(N)nc2ccc(-c3nc(CN4CCCCC4)[nH]c3-c3ccccc3)cc21. The Morgan fingerprint density at radius 3 is 2.44 bits per heavy atom. The lowest BCUT2D eigenvalue weighted by Crippen LogP contribution is -2.29. The number of aromatic nitrogens is 4. The van der Waals surface area contributed by atoms with E-state index >= 15 is 0 Å². The third kappa shape index (κ3) is 4.10. The second-order valence-electron chi connectivity index (χ2n) is 9.14. The smallest absolute Gasteiger partial charge is 0.244 e. The Hall–Kier alpha value is -3.17. The standard InChI is InChI=1S/C25H30N6O2S/c1-17(2)34(32,33)31-21-15-19(11-12-20(21)27-25(31)26)24-23(18-9-5-3-6-10-18)28-22(29-24)16-30-13-7-4-8-14-30/h3,5-6,9-12,15,17H,4,7-8,13-14,16H2,1-2H3,(H2,26,27)(H,28,29). The molecular weight excluding hydrogens is 448 g/mol. The summed E-state index contributed by atoms with van der Waals surface area (Å²) in [5, 5.41) is -0.628. The summed E-state index contributed by atoms with van der Waals surface area (Å²) in [6.07, 6.45) is 3.71. The molecule has 0 atom stereocenters. The first-order valence-corrected chi connectivity index (χ1v) is 13.2. The van der Waals surface area contributed by atoms with Crippen LogP contribution < -0.4 is 5.73 Å². The Balaban J connectivity index is 1.64. The predicted molar refractivity (Wildman–Crippen MR) is 136 cm³/mol. The fraction of sp³-hybridized carbons (Fsp3) is 0.360. The van der Waals surface area contributed by atoms with Crippen LogP contribution in [0.4, 0.5) is 5.95 Å². The van der Waals surface area contributed by atoms with E-state index < -0.39 is 15.3 Å². The molecule has 0 unspecified atom stereocenters. The average Bonchev–Trinajstić information content (AvgIpc) is 3.40. The summed E-state index contributed by atoms with van der Waals surface area (Å²) in [6.45, 7) is 6.19. The van der Waals surface area contributed by atoms with E-state index in [1.165, 1.54) is 19.3 Å². The van der Waals surface area contributed by atoms with E-state index in [1.54, 1.807) is 19.9 Å². The monoisotopic (exact) mass is 478 g/mol. The van der Waals surface area contributed by atoms with Crippen molar-refractivity contribution in [2.45, 2.75) is 44.9 Å². The third-order valence-corrected chi connectivity index (χ3v) is 8.48. The predicted octanol–water partition coefficient (Wildman–Crippen LogP) is 4.25. The van der Waals surface area contributed by atoms with Crippen molar-refractivity contribution in [3.05, 3.63) is 54.4 Å². The first-order valence-electron chi connectivity index (χ1n) is 11.7. The maximum Gasteiger partial charge on any atom is 0.244 e. The van der Waals surface area contributed by atoms with Gasteiger partial charge in [0.15, 0.2) is 0 Å². The van der Waals surface area contributed by atoms with Crippen LogP contribution in [0.3, 0.4) is 0 Å². The fourth-order valence-corrected chi connectivity index (χ4v) is 5.69. The molecule has 3 heterocycles. The summed E-state index contributed by atoms with van der Waals surface area (Å²) >= 11 is 0. The molecule has 178 valence electrons. The molecule has 9 heteroatoms. The van der Waals surface area contributed by atoms with Gasteiger partial charge in [-0.25, -0.2) is 22.4 Å². The molecule has 0 aliphatic carbocycles. The van der Waals surface area contributed by atoms with Gasteiger partial charge in [0.2, 0.25) is 16.0 Å². The van der Waals surface area contributed by atoms with Crippen LogP contribution in [-0.2, 0) is 16.6 Å². The van der Waals surface area contributed by atoms with Crippen LogP contribution in [0, 0.1) is 0 Å². The molecule has 2 aromatic heterocycles. The minimum atomic E-state index is -3.67. The van der Waals surface area contributed by atoms with Gasteiger partial charge < -0.3 is 10.7 Å². The van der Waals surface area contributed by atoms with Crippen molar-refractivity contribution in [3.8, 4) is 22.5 Å². The molecule has 8 nitrogen and oxygen atoms in total. The molecule has 34 heavy (non-hydrogen) atoms.